The van der Waals surface area contributed by atoms with Gasteiger partial charge in [0, 0.05) is 14.3 Å². The zero-order valence-corrected chi connectivity index (χ0v) is 10.3. The first kappa shape index (κ1) is 10.1. The van der Waals surface area contributed by atoms with Crippen molar-refractivity contribution in [2.45, 2.75) is 30.4 Å². The fourth-order valence-electron chi connectivity index (χ4n) is 1.36. The van der Waals surface area contributed by atoms with Crippen molar-refractivity contribution in [1.82, 2.24) is 0 Å². The molecule has 74 valence electrons. The number of thioether (sulfide) groups is 1. The lowest BCUT2D eigenvalue weighted by Gasteiger charge is -2.17. The maximum Gasteiger partial charge on any atom is 0.0343 e. The lowest BCUT2D eigenvalue weighted by Crippen LogP contribution is -2.06. The van der Waals surface area contributed by atoms with Gasteiger partial charge in [-0.1, -0.05) is 20.8 Å². The van der Waals surface area contributed by atoms with E-state index < -0.39 is 0 Å². The smallest absolute Gasteiger partial charge is 0.0343 e. The first-order chi connectivity index (χ1) is 6.54. The van der Waals surface area contributed by atoms with Crippen LogP contribution in [-0.4, -0.2) is 4.75 Å². The van der Waals surface area contributed by atoms with Crippen LogP contribution in [0.1, 0.15) is 20.8 Å². The lowest BCUT2D eigenvalue weighted by molar-refractivity contribution is 0.803. The molecule has 0 amide bonds. The molecule has 0 fully saturated rings. The molecule has 2 heteroatoms. The highest BCUT2D eigenvalue weighted by atomic mass is 32.2. The summed E-state index contributed by atoms with van der Waals surface area (Å²) >= 11 is 3.73. The van der Waals surface area contributed by atoms with Gasteiger partial charge < -0.3 is 0 Å². The van der Waals surface area contributed by atoms with Gasteiger partial charge >= 0.3 is 0 Å². The summed E-state index contributed by atoms with van der Waals surface area (Å²) in [7, 11) is 0. The third-order valence-corrected chi connectivity index (χ3v) is 3.85. The second-order valence-electron chi connectivity index (χ2n) is 4.33. The molecule has 14 heavy (non-hydrogen) atoms. The van der Waals surface area contributed by atoms with Crippen LogP contribution in [0.25, 0.3) is 10.1 Å². The predicted molar refractivity (Wildman–Crippen MR) is 67.4 cm³/mol. The standard InChI is InChI=1S/C12H14S2/c1-12(2,3)14-10-4-5-11-9(8-10)6-7-13-11/h4-8H,1-3H3. The number of rotatable bonds is 1. The van der Waals surface area contributed by atoms with Gasteiger partial charge in [0.25, 0.3) is 0 Å². The van der Waals surface area contributed by atoms with Crippen molar-refractivity contribution < 1.29 is 0 Å². The van der Waals surface area contributed by atoms with E-state index in [4.69, 9.17) is 0 Å². The molecule has 0 saturated heterocycles. The van der Waals surface area contributed by atoms with E-state index in [1.165, 1.54) is 15.0 Å². The van der Waals surface area contributed by atoms with Crippen LogP contribution in [-0.2, 0) is 0 Å². The van der Waals surface area contributed by atoms with Crippen molar-refractivity contribution in [3.05, 3.63) is 29.6 Å². The zero-order chi connectivity index (χ0) is 10.2. The monoisotopic (exact) mass is 222 g/mol. The van der Waals surface area contributed by atoms with Crippen LogP contribution >= 0.6 is 23.1 Å². The van der Waals surface area contributed by atoms with Crippen molar-refractivity contribution >= 4 is 33.2 Å². The third kappa shape index (κ3) is 2.31. The van der Waals surface area contributed by atoms with Crippen molar-refractivity contribution in [3.63, 3.8) is 0 Å². The Kier molecular flexibility index (Phi) is 2.58. The van der Waals surface area contributed by atoms with Crippen LogP contribution in [0.4, 0.5) is 0 Å². The Morgan fingerprint density at radius 1 is 1.14 bits per heavy atom. The Labute approximate surface area is 93.3 Å². The molecule has 2 rings (SSSR count). The van der Waals surface area contributed by atoms with Gasteiger partial charge in [0.2, 0.25) is 0 Å². The first-order valence-electron chi connectivity index (χ1n) is 4.71. The molecule has 0 atom stereocenters. The molecule has 0 aliphatic heterocycles. The van der Waals surface area contributed by atoms with E-state index in [9.17, 15) is 0 Å². The molecule has 0 N–H and O–H groups in total. The fraction of sp³-hybridized carbons (Fsp3) is 0.333. The van der Waals surface area contributed by atoms with Gasteiger partial charge in [-0.3, -0.25) is 0 Å². The molecule has 1 aromatic carbocycles. The molecule has 1 heterocycles. The van der Waals surface area contributed by atoms with Crippen LogP contribution in [0.3, 0.4) is 0 Å². The second-order valence-corrected chi connectivity index (χ2v) is 7.18. The lowest BCUT2D eigenvalue weighted by atomic mass is 10.2. The SMILES string of the molecule is CC(C)(C)Sc1ccc2sccc2c1. The highest BCUT2D eigenvalue weighted by Gasteiger charge is 2.12. The molecule has 0 spiro atoms. The highest BCUT2D eigenvalue weighted by Crippen LogP contribution is 2.34. The molecule has 0 aliphatic carbocycles. The van der Waals surface area contributed by atoms with Gasteiger partial charge in [0.15, 0.2) is 0 Å². The molecular formula is C12H14S2. The predicted octanol–water partition coefficient (Wildman–Crippen LogP) is 4.79. The Morgan fingerprint density at radius 3 is 2.64 bits per heavy atom. The molecule has 0 bridgehead atoms. The van der Waals surface area contributed by atoms with Crippen LogP contribution in [0.5, 0.6) is 0 Å². The van der Waals surface area contributed by atoms with E-state index in [1.54, 1.807) is 11.3 Å². The van der Waals surface area contributed by atoms with Crippen molar-refractivity contribution in [3.8, 4) is 0 Å². The highest BCUT2D eigenvalue weighted by molar-refractivity contribution is 8.00. The summed E-state index contributed by atoms with van der Waals surface area (Å²) in [5.41, 5.74) is 0. The average molecular weight is 222 g/mol. The minimum absolute atomic E-state index is 0.295. The van der Waals surface area contributed by atoms with Crippen molar-refractivity contribution in [1.29, 1.82) is 0 Å². The summed E-state index contributed by atoms with van der Waals surface area (Å²) in [6, 6.07) is 8.90. The van der Waals surface area contributed by atoms with Gasteiger partial charge in [-0.15, -0.1) is 23.1 Å². The van der Waals surface area contributed by atoms with Gasteiger partial charge in [0.1, 0.15) is 0 Å². The summed E-state index contributed by atoms with van der Waals surface area (Å²) in [6.07, 6.45) is 0. The molecule has 0 unspecified atom stereocenters. The van der Waals surface area contributed by atoms with Gasteiger partial charge in [-0.2, -0.15) is 0 Å². The minimum Gasteiger partial charge on any atom is -0.144 e. The molecule has 1 aromatic heterocycles. The first-order valence-corrected chi connectivity index (χ1v) is 6.40. The second kappa shape index (κ2) is 3.59. The van der Waals surface area contributed by atoms with Gasteiger partial charge in [0.05, 0.1) is 0 Å². The van der Waals surface area contributed by atoms with Gasteiger partial charge in [-0.25, -0.2) is 0 Å². The number of fused-ring (bicyclic) bond motifs is 1. The van der Waals surface area contributed by atoms with Crippen molar-refractivity contribution in [2.24, 2.45) is 0 Å². The summed E-state index contributed by atoms with van der Waals surface area (Å²) in [5, 5.41) is 3.51. The average Bonchev–Trinajstić information content (AvgIpc) is 2.47. The van der Waals surface area contributed by atoms with Crippen LogP contribution in [0, 0.1) is 0 Å². The van der Waals surface area contributed by atoms with Gasteiger partial charge in [-0.05, 0) is 35.0 Å². The topological polar surface area (TPSA) is 0 Å². The summed E-state index contributed by atoms with van der Waals surface area (Å²) in [5.74, 6) is 0. The molecule has 0 radical (unpaired) electrons. The fourth-order valence-corrected chi connectivity index (χ4v) is 3.16. The number of hydrogen-bond acceptors (Lipinski definition) is 2. The Bertz CT molecular complexity index is 435. The summed E-state index contributed by atoms with van der Waals surface area (Å²) < 4.78 is 1.67. The Balaban J connectivity index is 2.35. The van der Waals surface area contributed by atoms with E-state index in [1.807, 2.05) is 11.8 Å². The summed E-state index contributed by atoms with van der Waals surface area (Å²) in [6.45, 7) is 6.74. The maximum atomic E-state index is 2.28. The quantitative estimate of drug-likeness (QED) is 0.625. The Hall–Kier alpha value is -0.470. The molecule has 0 nitrogen and oxygen atoms in total. The zero-order valence-electron chi connectivity index (χ0n) is 8.70. The van der Waals surface area contributed by atoms with Crippen molar-refractivity contribution in [2.75, 3.05) is 0 Å². The molecular weight excluding hydrogens is 208 g/mol. The van der Waals surface area contributed by atoms with Crippen LogP contribution in [0.15, 0.2) is 34.5 Å². The van der Waals surface area contributed by atoms with E-state index in [2.05, 4.69) is 50.4 Å². The van der Waals surface area contributed by atoms with E-state index in [-0.39, 0.29) is 0 Å². The maximum absolute atomic E-state index is 2.28. The molecule has 2 aromatic rings. The minimum atomic E-state index is 0.295. The number of benzene rings is 1. The van der Waals surface area contributed by atoms with Crippen LogP contribution in [0.2, 0.25) is 0 Å². The van der Waals surface area contributed by atoms with E-state index in [0.717, 1.165) is 0 Å². The normalized spacial score (nSPS) is 12.2. The van der Waals surface area contributed by atoms with E-state index >= 15 is 0 Å². The van der Waals surface area contributed by atoms with E-state index in [0.29, 0.717) is 4.75 Å². The number of thiophene rings is 1. The summed E-state index contributed by atoms with van der Waals surface area (Å²) in [4.78, 5) is 1.36. The third-order valence-electron chi connectivity index (χ3n) is 1.85. The Morgan fingerprint density at radius 2 is 1.93 bits per heavy atom. The molecule has 0 aliphatic rings. The number of hydrogen-bond donors (Lipinski definition) is 0. The van der Waals surface area contributed by atoms with Crippen LogP contribution < -0.4 is 0 Å². The molecule has 0 saturated carbocycles. The largest absolute Gasteiger partial charge is 0.144 e.